The van der Waals surface area contributed by atoms with Crippen LogP contribution in [0, 0.1) is 0 Å². The number of benzene rings is 1. The highest BCUT2D eigenvalue weighted by molar-refractivity contribution is 6.02. The van der Waals surface area contributed by atoms with Crippen LogP contribution < -0.4 is 26.6 Å². The molecule has 10 heteroatoms. The second kappa shape index (κ2) is 10.0. The second-order valence-electron chi connectivity index (χ2n) is 6.68. The van der Waals surface area contributed by atoms with Crippen molar-refractivity contribution in [1.29, 1.82) is 0 Å². The number of nitrogens with two attached hydrogens (primary N) is 1. The van der Waals surface area contributed by atoms with Gasteiger partial charge in [-0.05, 0) is 37.3 Å². The van der Waals surface area contributed by atoms with Crippen molar-refractivity contribution in [2.75, 3.05) is 22.1 Å². The van der Waals surface area contributed by atoms with Crippen LogP contribution in [0.3, 0.4) is 0 Å². The number of primary amides is 1. The van der Waals surface area contributed by atoms with Crippen LogP contribution >= 0.6 is 0 Å². The first-order valence-electron chi connectivity index (χ1n) is 9.82. The number of hydrogen-bond acceptors (Lipinski definition) is 6. The third kappa shape index (κ3) is 5.17. The Balaban J connectivity index is 2.16. The van der Waals surface area contributed by atoms with Crippen molar-refractivity contribution >= 4 is 46.4 Å². The van der Waals surface area contributed by atoms with E-state index in [1.54, 1.807) is 53.6 Å². The normalized spacial score (nSPS) is 10.2. The summed E-state index contributed by atoms with van der Waals surface area (Å²) in [6, 6.07) is 11.7. The first-order chi connectivity index (χ1) is 15.4. The SMILES string of the molecule is CCNC(=O)Nc1ccccc1N(c1ccc(NC(C)=O)nc1)c1ccncc1C(N)=O. The highest BCUT2D eigenvalue weighted by Crippen LogP contribution is 2.40. The van der Waals surface area contributed by atoms with Crippen LogP contribution in [0.1, 0.15) is 24.2 Å². The van der Waals surface area contributed by atoms with Gasteiger partial charge in [0, 0.05) is 25.9 Å². The third-order valence-corrected chi connectivity index (χ3v) is 4.35. The van der Waals surface area contributed by atoms with Crippen molar-refractivity contribution in [2.24, 2.45) is 5.73 Å². The first-order valence-corrected chi connectivity index (χ1v) is 9.82. The van der Waals surface area contributed by atoms with Crippen molar-refractivity contribution in [3.63, 3.8) is 0 Å². The lowest BCUT2D eigenvalue weighted by Crippen LogP contribution is -2.29. The molecule has 0 fully saturated rings. The molecule has 3 rings (SSSR count). The van der Waals surface area contributed by atoms with Crippen LogP contribution in [0.4, 0.5) is 33.4 Å². The highest BCUT2D eigenvalue weighted by atomic mass is 16.2. The molecule has 3 aromatic rings. The molecule has 0 aliphatic rings. The number of hydrogen-bond donors (Lipinski definition) is 4. The molecule has 5 N–H and O–H groups in total. The van der Waals surface area contributed by atoms with Gasteiger partial charge in [0.05, 0.1) is 34.5 Å². The lowest BCUT2D eigenvalue weighted by molar-refractivity contribution is -0.114. The standard InChI is InChI=1S/C22H23N7O3/c1-3-25-22(32)28-17-6-4-5-7-19(17)29(18-10-11-24-13-16(18)21(23)31)15-8-9-20(26-12-15)27-14(2)30/h4-13H,3H2,1-2H3,(H2,23,31)(H2,25,28,32)(H,26,27,30). The van der Waals surface area contributed by atoms with Crippen LogP contribution in [0.25, 0.3) is 0 Å². The molecule has 2 heterocycles. The summed E-state index contributed by atoms with van der Waals surface area (Å²) >= 11 is 0. The van der Waals surface area contributed by atoms with Gasteiger partial charge in [-0.1, -0.05) is 12.1 Å². The molecule has 4 amide bonds. The van der Waals surface area contributed by atoms with Crippen LogP contribution in [-0.2, 0) is 4.79 Å². The van der Waals surface area contributed by atoms with Gasteiger partial charge in [-0.3, -0.25) is 14.6 Å². The van der Waals surface area contributed by atoms with Gasteiger partial charge in [0.2, 0.25) is 5.91 Å². The minimum absolute atomic E-state index is 0.186. The summed E-state index contributed by atoms with van der Waals surface area (Å²) in [5, 5.41) is 8.12. The molecule has 1 aromatic carbocycles. The van der Waals surface area contributed by atoms with Gasteiger partial charge < -0.3 is 26.6 Å². The molecule has 32 heavy (non-hydrogen) atoms. The Morgan fingerprint density at radius 3 is 2.44 bits per heavy atom. The molecule has 0 aliphatic heterocycles. The van der Waals surface area contributed by atoms with E-state index in [-0.39, 0.29) is 17.5 Å². The Morgan fingerprint density at radius 2 is 1.78 bits per heavy atom. The van der Waals surface area contributed by atoms with Gasteiger partial charge in [-0.15, -0.1) is 0 Å². The Bertz CT molecular complexity index is 1130. The zero-order valence-electron chi connectivity index (χ0n) is 17.6. The van der Waals surface area contributed by atoms with E-state index in [1.807, 2.05) is 6.92 Å². The molecule has 0 saturated carbocycles. The number of pyridine rings is 2. The Morgan fingerprint density at radius 1 is 1.00 bits per heavy atom. The van der Waals surface area contributed by atoms with Crippen molar-refractivity contribution in [2.45, 2.75) is 13.8 Å². The molecule has 10 nitrogen and oxygen atoms in total. The minimum Gasteiger partial charge on any atom is -0.365 e. The number of rotatable bonds is 7. The van der Waals surface area contributed by atoms with E-state index in [2.05, 4.69) is 25.9 Å². The maximum atomic E-state index is 12.2. The summed E-state index contributed by atoms with van der Waals surface area (Å²) < 4.78 is 0. The maximum Gasteiger partial charge on any atom is 0.319 e. The van der Waals surface area contributed by atoms with Crippen LogP contribution in [0.2, 0.25) is 0 Å². The van der Waals surface area contributed by atoms with E-state index < -0.39 is 5.91 Å². The molecule has 0 aliphatic carbocycles. The van der Waals surface area contributed by atoms with Gasteiger partial charge in [0.1, 0.15) is 5.82 Å². The molecule has 2 aromatic heterocycles. The predicted molar refractivity (Wildman–Crippen MR) is 122 cm³/mol. The topological polar surface area (TPSA) is 142 Å². The summed E-state index contributed by atoms with van der Waals surface area (Å²) in [5.74, 6) is -0.529. The summed E-state index contributed by atoms with van der Waals surface area (Å²) in [7, 11) is 0. The van der Waals surface area contributed by atoms with E-state index in [1.165, 1.54) is 19.3 Å². The number of urea groups is 1. The smallest absolute Gasteiger partial charge is 0.319 e. The Hall–Kier alpha value is -4.47. The maximum absolute atomic E-state index is 12.2. The summed E-state index contributed by atoms with van der Waals surface area (Å²) in [6.07, 6.45) is 4.46. The van der Waals surface area contributed by atoms with Gasteiger partial charge in [0.25, 0.3) is 5.91 Å². The zero-order chi connectivity index (χ0) is 23.1. The second-order valence-corrected chi connectivity index (χ2v) is 6.68. The summed E-state index contributed by atoms with van der Waals surface area (Å²) in [5.41, 5.74) is 7.87. The van der Waals surface area contributed by atoms with Crippen molar-refractivity contribution < 1.29 is 14.4 Å². The molecule has 0 atom stereocenters. The van der Waals surface area contributed by atoms with Gasteiger partial charge >= 0.3 is 6.03 Å². The monoisotopic (exact) mass is 433 g/mol. The average molecular weight is 433 g/mol. The first kappa shape index (κ1) is 22.2. The van der Waals surface area contributed by atoms with E-state index in [0.29, 0.717) is 35.1 Å². The number of anilines is 5. The average Bonchev–Trinajstić information content (AvgIpc) is 2.76. The van der Waals surface area contributed by atoms with Crippen molar-refractivity contribution in [3.05, 3.63) is 66.6 Å². The van der Waals surface area contributed by atoms with Crippen LogP contribution in [0.5, 0.6) is 0 Å². The molecule has 0 unspecified atom stereocenters. The minimum atomic E-state index is -0.657. The molecule has 0 radical (unpaired) electrons. The summed E-state index contributed by atoms with van der Waals surface area (Å²) in [6.45, 7) is 3.67. The quantitative estimate of drug-likeness (QED) is 0.451. The van der Waals surface area contributed by atoms with E-state index in [0.717, 1.165) is 0 Å². The van der Waals surface area contributed by atoms with Gasteiger partial charge in [0.15, 0.2) is 0 Å². The number of amides is 4. The lowest BCUT2D eigenvalue weighted by atomic mass is 10.1. The summed E-state index contributed by atoms with van der Waals surface area (Å²) in [4.78, 5) is 45.7. The zero-order valence-corrected chi connectivity index (χ0v) is 17.6. The van der Waals surface area contributed by atoms with Crippen LogP contribution in [0.15, 0.2) is 61.1 Å². The fraction of sp³-hybridized carbons (Fsp3) is 0.136. The molecule has 0 saturated heterocycles. The van der Waals surface area contributed by atoms with Crippen molar-refractivity contribution in [1.82, 2.24) is 15.3 Å². The number of aromatic nitrogens is 2. The Labute approximate surface area is 184 Å². The molecule has 164 valence electrons. The number of nitrogens with one attached hydrogen (secondary N) is 3. The fourth-order valence-electron chi connectivity index (χ4n) is 3.05. The highest BCUT2D eigenvalue weighted by Gasteiger charge is 2.22. The fourth-order valence-corrected chi connectivity index (χ4v) is 3.05. The van der Waals surface area contributed by atoms with E-state index in [9.17, 15) is 14.4 Å². The number of nitrogens with zero attached hydrogens (tertiary/aromatic N) is 3. The number of carbonyl (C=O) groups excluding carboxylic acids is 3. The predicted octanol–water partition coefficient (Wildman–Crippen LogP) is 3.15. The van der Waals surface area contributed by atoms with E-state index in [4.69, 9.17) is 5.73 Å². The largest absolute Gasteiger partial charge is 0.365 e. The van der Waals surface area contributed by atoms with Gasteiger partial charge in [-0.2, -0.15) is 0 Å². The Kier molecular flexibility index (Phi) is 6.96. The van der Waals surface area contributed by atoms with Crippen LogP contribution in [-0.4, -0.2) is 34.4 Å². The van der Waals surface area contributed by atoms with Gasteiger partial charge in [-0.25, -0.2) is 9.78 Å². The number of carbonyl (C=O) groups is 3. The molecular weight excluding hydrogens is 410 g/mol. The van der Waals surface area contributed by atoms with E-state index >= 15 is 0 Å². The molecular formula is C22H23N7O3. The number of para-hydroxylation sites is 2. The third-order valence-electron chi connectivity index (χ3n) is 4.35. The molecule has 0 bridgehead atoms. The lowest BCUT2D eigenvalue weighted by Gasteiger charge is -2.28. The molecule has 0 spiro atoms. The van der Waals surface area contributed by atoms with Crippen molar-refractivity contribution in [3.8, 4) is 0 Å².